The largest absolute Gasteiger partial charge is 0.464 e. The fraction of sp³-hybridized carbons (Fsp3) is 0.667. The summed E-state index contributed by atoms with van der Waals surface area (Å²) < 4.78 is 9.58. The summed E-state index contributed by atoms with van der Waals surface area (Å²) in [5, 5.41) is 0. The highest BCUT2D eigenvalue weighted by Crippen LogP contribution is 1.92. The molecule has 0 aromatic heterocycles. The number of rotatable bonds is 5. The van der Waals surface area contributed by atoms with Crippen molar-refractivity contribution in [3.8, 4) is 12.3 Å². The third-order valence-electron chi connectivity index (χ3n) is 0.983. The zero-order valence-corrected chi connectivity index (χ0v) is 7.50. The quantitative estimate of drug-likeness (QED) is 0.348. The summed E-state index contributed by atoms with van der Waals surface area (Å²) in [6.07, 6.45) is 4.91. The van der Waals surface area contributed by atoms with Crippen molar-refractivity contribution >= 4 is 5.97 Å². The highest BCUT2D eigenvalue weighted by atomic mass is 16.6. The molecular formula is C9H14O3. The molecule has 68 valence electrons. The second kappa shape index (κ2) is 6.68. The highest BCUT2D eigenvalue weighted by Gasteiger charge is 2.02. The molecule has 0 aromatic carbocycles. The van der Waals surface area contributed by atoms with Crippen LogP contribution >= 0.6 is 0 Å². The first kappa shape index (κ1) is 11.0. The van der Waals surface area contributed by atoms with Gasteiger partial charge in [-0.15, -0.1) is 6.42 Å². The Balaban J connectivity index is 3.29. The summed E-state index contributed by atoms with van der Waals surface area (Å²) in [5.41, 5.74) is 0. The summed E-state index contributed by atoms with van der Waals surface area (Å²) in [4.78, 5) is 10.8. The van der Waals surface area contributed by atoms with Crippen LogP contribution in [0.5, 0.6) is 0 Å². The smallest absolute Gasteiger partial charge is 0.332 e. The second-order valence-corrected chi connectivity index (χ2v) is 2.77. The molecule has 0 aromatic rings. The maximum atomic E-state index is 10.8. The Bertz CT molecular complexity index is 167. The van der Waals surface area contributed by atoms with Crippen molar-refractivity contribution in [3.63, 3.8) is 0 Å². The van der Waals surface area contributed by atoms with Crippen LogP contribution in [-0.4, -0.2) is 25.8 Å². The summed E-state index contributed by atoms with van der Waals surface area (Å²) in [6.45, 7) is 4.46. The van der Waals surface area contributed by atoms with Crippen LogP contribution in [0.3, 0.4) is 0 Å². The third kappa shape index (κ3) is 7.10. The minimum atomic E-state index is -0.362. The Morgan fingerprint density at radius 2 is 2.25 bits per heavy atom. The van der Waals surface area contributed by atoms with Crippen molar-refractivity contribution in [2.45, 2.75) is 13.8 Å². The van der Waals surface area contributed by atoms with Crippen molar-refractivity contribution in [2.24, 2.45) is 5.92 Å². The minimum Gasteiger partial charge on any atom is -0.464 e. The van der Waals surface area contributed by atoms with Crippen molar-refractivity contribution in [1.82, 2.24) is 0 Å². The fourth-order valence-corrected chi connectivity index (χ4v) is 0.495. The molecule has 0 N–H and O–H groups in total. The van der Waals surface area contributed by atoms with Crippen LogP contribution in [0.15, 0.2) is 0 Å². The van der Waals surface area contributed by atoms with Crippen LogP contribution in [0.4, 0.5) is 0 Å². The molecule has 0 fully saturated rings. The molecule has 0 bridgehead atoms. The molecule has 0 atom stereocenters. The Morgan fingerprint density at radius 1 is 1.58 bits per heavy atom. The zero-order valence-electron chi connectivity index (χ0n) is 7.50. The number of ether oxygens (including phenoxy) is 2. The van der Waals surface area contributed by atoms with Gasteiger partial charge in [0.25, 0.3) is 0 Å². The lowest BCUT2D eigenvalue weighted by Crippen LogP contribution is -2.15. The minimum absolute atomic E-state index is 0.0586. The monoisotopic (exact) mass is 170 g/mol. The topological polar surface area (TPSA) is 35.5 Å². The molecule has 12 heavy (non-hydrogen) atoms. The van der Waals surface area contributed by atoms with Crippen LogP contribution in [-0.2, 0) is 14.3 Å². The predicted octanol–water partition coefficient (Wildman–Crippen LogP) is 0.835. The van der Waals surface area contributed by atoms with Gasteiger partial charge >= 0.3 is 5.97 Å². The van der Waals surface area contributed by atoms with E-state index in [1.54, 1.807) is 0 Å². The summed E-state index contributed by atoms with van der Waals surface area (Å²) in [5.74, 6) is 2.24. The lowest BCUT2D eigenvalue weighted by atomic mass is 10.2. The lowest BCUT2D eigenvalue weighted by molar-refractivity contribution is -0.149. The van der Waals surface area contributed by atoms with Crippen LogP contribution in [0.25, 0.3) is 0 Å². The van der Waals surface area contributed by atoms with Gasteiger partial charge in [-0.2, -0.15) is 0 Å². The first-order valence-electron chi connectivity index (χ1n) is 3.83. The maximum absolute atomic E-state index is 10.8. The fourth-order valence-electron chi connectivity index (χ4n) is 0.495. The van der Waals surface area contributed by atoms with Gasteiger partial charge < -0.3 is 9.47 Å². The first-order chi connectivity index (χ1) is 5.66. The highest BCUT2D eigenvalue weighted by molar-refractivity contribution is 5.70. The zero-order chi connectivity index (χ0) is 9.40. The van der Waals surface area contributed by atoms with Crippen LogP contribution in [0.2, 0.25) is 0 Å². The Morgan fingerprint density at radius 3 is 2.75 bits per heavy atom. The molecular weight excluding hydrogens is 156 g/mol. The Labute approximate surface area is 73.0 Å². The number of terminal acetylenes is 1. The number of esters is 1. The molecule has 0 aliphatic heterocycles. The van der Waals surface area contributed by atoms with Gasteiger partial charge in [-0.25, -0.2) is 4.79 Å². The average Bonchev–Trinajstić information content (AvgIpc) is 2.01. The van der Waals surface area contributed by atoms with Crippen molar-refractivity contribution < 1.29 is 14.3 Å². The van der Waals surface area contributed by atoms with Crippen molar-refractivity contribution in [2.75, 3.05) is 19.8 Å². The van der Waals surface area contributed by atoms with Gasteiger partial charge in [0.05, 0.1) is 6.61 Å². The predicted molar refractivity (Wildman–Crippen MR) is 45.4 cm³/mol. The molecule has 0 unspecified atom stereocenters. The van der Waals surface area contributed by atoms with Crippen molar-refractivity contribution in [3.05, 3.63) is 0 Å². The molecule has 0 rings (SSSR count). The number of hydrogen-bond donors (Lipinski definition) is 0. The van der Waals surface area contributed by atoms with Gasteiger partial charge in [0.1, 0.15) is 13.2 Å². The summed E-state index contributed by atoms with van der Waals surface area (Å²) >= 11 is 0. The van der Waals surface area contributed by atoms with Gasteiger partial charge in [-0.05, 0) is 5.92 Å². The first-order valence-corrected chi connectivity index (χ1v) is 3.83. The number of carbonyl (C=O) groups is 1. The molecule has 0 saturated heterocycles. The van der Waals surface area contributed by atoms with E-state index in [0.717, 1.165) is 0 Å². The number of carbonyl (C=O) groups excluding carboxylic acids is 1. The molecule has 0 amide bonds. The van der Waals surface area contributed by atoms with Gasteiger partial charge in [-0.3, -0.25) is 0 Å². The summed E-state index contributed by atoms with van der Waals surface area (Å²) in [7, 11) is 0. The van der Waals surface area contributed by atoms with E-state index in [1.165, 1.54) is 0 Å². The van der Waals surface area contributed by atoms with E-state index in [9.17, 15) is 4.79 Å². The normalized spacial score (nSPS) is 9.50. The molecule has 0 saturated carbocycles. The van der Waals surface area contributed by atoms with E-state index < -0.39 is 0 Å². The standard InChI is InChI=1S/C9H14O3/c1-4-5-11-7-9(10)12-6-8(2)3/h1,8H,5-7H2,2-3H3. The molecule has 3 nitrogen and oxygen atoms in total. The lowest BCUT2D eigenvalue weighted by Gasteiger charge is -2.06. The SMILES string of the molecule is C#CCOCC(=O)OCC(C)C. The van der Waals surface area contributed by atoms with Crippen molar-refractivity contribution in [1.29, 1.82) is 0 Å². The van der Waals surface area contributed by atoms with Gasteiger partial charge in [0.2, 0.25) is 0 Å². The van der Waals surface area contributed by atoms with E-state index in [4.69, 9.17) is 15.9 Å². The van der Waals surface area contributed by atoms with Crippen LogP contribution in [0.1, 0.15) is 13.8 Å². The molecule has 0 aliphatic carbocycles. The van der Waals surface area contributed by atoms with Gasteiger partial charge in [-0.1, -0.05) is 19.8 Å². The molecule has 3 heteroatoms. The third-order valence-corrected chi connectivity index (χ3v) is 0.983. The van der Waals surface area contributed by atoms with E-state index in [0.29, 0.717) is 12.5 Å². The molecule has 0 radical (unpaired) electrons. The van der Waals surface area contributed by atoms with Gasteiger partial charge in [0, 0.05) is 0 Å². The molecule has 0 spiro atoms. The second-order valence-electron chi connectivity index (χ2n) is 2.77. The maximum Gasteiger partial charge on any atom is 0.332 e. The van der Waals surface area contributed by atoms with Crippen LogP contribution in [0, 0.1) is 18.3 Å². The van der Waals surface area contributed by atoms with E-state index in [1.807, 2.05) is 13.8 Å². The average molecular weight is 170 g/mol. The van der Waals surface area contributed by atoms with E-state index in [2.05, 4.69) is 5.92 Å². The van der Waals surface area contributed by atoms with E-state index >= 15 is 0 Å². The van der Waals surface area contributed by atoms with E-state index in [-0.39, 0.29) is 19.2 Å². The Hall–Kier alpha value is -1.01. The molecule has 0 aliphatic rings. The van der Waals surface area contributed by atoms with Crippen LogP contribution < -0.4 is 0 Å². The molecule has 0 heterocycles. The van der Waals surface area contributed by atoms with Gasteiger partial charge in [0.15, 0.2) is 0 Å². The number of hydrogen-bond acceptors (Lipinski definition) is 3. The summed E-state index contributed by atoms with van der Waals surface area (Å²) in [6, 6.07) is 0. The Kier molecular flexibility index (Phi) is 6.12.